The van der Waals surface area contributed by atoms with Crippen LogP contribution in [0, 0.1) is 0 Å². The Kier molecular flexibility index (Phi) is 6.85. The predicted molar refractivity (Wildman–Crippen MR) is 87.3 cm³/mol. The molecule has 0 radical (unpaired) electrons. The lowest BCUT2D eigenvalue weighted by Crippen LogP contribution is -2.36. The molecule has 0 aromatic heterocycles. The van der Waals surface area contributed by atoms with Crippen LogP contribution in [-0.2, 0) is 6.42 Å². The van der Waals surface area contributed by atoms with Gasteiger partial charge in [0, 0.05) is 13.1 Å². The first-order chi connectivity index (χ1) is 10.3. The first kappa shape index (κ1) is 15.6. The maximum absolute atomic E-state index is 11.7. The molecule has 2 N–H and O–H groups in total. The number of hydrogen-bond donors (Lipinski definition) is 2. The van der Waals surface area contributed by atoms with Crippen LogP contribution in [0.2, 0.25) is 0 Å². The van der Waals surface area contributed by atoms with E-state index in [1.165, 1.54) is 36.8 Å². The van der Waals surface area contributed by atoms with Crippen molar-refractivity contribution in [1.29, 1.82) is 0 Å². The van der Waals surface area contributed by atoms with Gasteiger partial charge in [-0.1, -0.05) is 42.0 Å². The minimum Gasteiger partial charge on any atom is -0.338 e. The Labute approximate surface area is 127 Å². The molecule has 2 amide bonds. The normalized spacial score (nSPS) is 14.4. The number of carbonyl (C=O) groups is 1. The van der Waals surface area contributed by atoms with Crippen molar-refractivity contribution in [3.8, 4) is 0 Å². The minimum absolute atomic E-state index is 0.0422. The van der Waals surface area contributed by atoms with E-state index in [1.807, 2.05) is 6.07 Å². The van der Waals surface area contributed by atoms with Gasteiger partial charge in [0.05, 0.1) is 0 Å². The molecule has 1 aromatic rings. The summed E-state index contributed by atoms with van der Waals surface area (Å²) in [4.78, 5) is 11.7. The van der Waals surface area contributed by atoms with E-state index >= 15 is 0 Å². The minimum atomic E-state index is -0.0422. The Morgan fingerprint density at radius 1 is 1.00 bits per heavy atom. The highest BCUT2D eigenvalue weighted by Crippen LogP contribution is 2.19. The van der Waals surface area contributed by atoms with E-state index < -0.39 is 0 Å². The summed E-state index contributed by atoms with van der Waals surface area (Å²) in [6.07, 6.45) is 10.4. The first-order valence-corrected chi connectivity index (χ1v) is 8.08. The Morgan fingerprint density at radius 2 is 1.81 bits per heavy atom. The lowest BCUT2D eigenvalue weighted by molar-refractivity contribution is 0.241. The molecule has 0 saturated heterocycles. The van der Waals surface area contributed by atoms with Crippen LogP contribution in [0.4, 0.5) is 4.79 Å². The molecule has 0 fully saturated rings. The zero-order valence-electron chi connectivity index (χ0n) is 12.7. The highest BCUT2D eigenvalue weighted by molar-refractivity contribution is 5.73. The number of allylic oxidation sites excluding steroid dienone is 1. The van der Waals surface area contributed by atoms with E-state index in [-0.39, 0.29) is 6.03 Å². The fourth-order valence-electron chi connectivity index (χ4n) is 2.67. The summed E-state index contributed by atoms with van der Waals surface area (Å²) in [6, 6.07) is 10.3. The van der Waals surface area contributed by atoms with Gasteiger partial charge < -0.3 is 10.6 Å². The van der Waals surface area contributed by atoms with Crippen LogP contribution in [0.1, 0.15) is 44.1 Å². The fourth-order valence-corrected chi connectivity index (χ4v) is 2.67. The molecular weight excluding hydrogens is 260 g/mol. The van der Waals surface area contributed by atoms with E-state index in [4.69, 9.17) is 0 Å². The van der Waals surface area contributed by atoms with Crippen LogP contribution < -0.4 is 10.6 Å². The van der Waals surface area contributed by atoms with Gasteiger partial charge in [-0.25, -0.2) is 4.79 Å². The van der Waals surface area contributed by atoms with Gasteiger partial charge in [0.25, 0.3) is 0 Å². The van der Waals surface area contributed by atoms with Crippen molar-refractivity contribution in [2.75, 3.05) is 13.1 Å². The molecule has 1 aliphatic rings. The SMILES string of the molecule is O=C(NCCCc1ccccc1)NCCC1=CCCCC1. The van der Waals surface area contributed by atoms with Gasteiger partial charge in [-0.05, 0) is 50.5 Å². The summed E-state index contributed by atoms with van der Waals surface area (Å²) in [5.74, 6) is 0. The van der Waals surface area contributed by atoms with E-state index in [1.54, 1.807) is 0 Å². The van der Waals surface area contributed by atoms with Crippen molar-refractivity contribution in [2.24, 2.45) is 0 Å². The quantitative estimate of drug-likeness (QED) is 0.581. The Hall–Kier alpha value is -1.77. The van der Waals surface area contributed by atoms with Gasteiger partial charge in [-0.15, -0.1) is 0 Å². The Bertz CT molecular complexity index is 454. The highest BCUT2D eigenvalue weighted by atomic mass is 16.2. The lowest BCUT2D eigenvalue weighted by Gasteiger charge is -2.13. The number of amides is 2. The number of nitrogens with one attached hydrogen (secondary N) is 2. The molecule has 0 aliphatic heterocycles. The Morgan fingerprint density at radius 3 is 2.57 bits per heavy atom. The maximum atomic E-state index is 11.7. The van der Waals surface area contributed by atoms with Crippen molar-refractivity contribution in [3.63, 3.8) is 0 Å². The first-order valence-electron chi connectivity index (χ1n) is 8.08. The highest BCUT2D eigenvalue weighted by Gasteiger charge is 2.04. The third kappa shape index (κ3) is 6.48. The predicted octanol–water partition coefficient (Wildman–Crippen LogP) is 3.81. The molecule has 21 heavy (non-hydrogen) atoms. The topological polar surface area (TPSA) is 41.1 Å². The number of carbonyl (C=O) groups excluding carboxylic acids is 1. The van der Waals surface area contributed by atoms with Crippen molar-refractivity contribution in [3.05, 3.63) is 47.5 Å². The van der Waals surface area contributed by atoms with Crippen LogP contribution in [0.3, 0.4) is 0 Å². The molecule has 0 heterocycles. The smallest absolute Gasteiger partial charge is 0.314 e. The average Bonchev–Trinajstić information content (AvgIpc) is 2.54. The number of aryl methyl sites for hydroxylation is 1. The summed E-state index contributed by atoms with van der Waals surface area (Å²) in [7, 11) is 0. The second-order valence-corrected chi connectivity index (χ2v) is 5.63. The van der Waals surface area contributed by atoms with Crippen molar-refractivity contribution < 1.29 is 4.79 Å². The van der Waals surface area contributed by atoms with Crippen LogP contribution in [0.15, 0.2) is 42.0 Å². The average molecular weight is 286 g/mol. The molecule has 0 saturated carbocycles. The molecular formula is C18H26N2O. The van der Waals surface area contributed by atoms with Gasteiger partial charge in [0.2, 0.25) is 0 Å². The standard InChI is InChI=1S/C18H26N2O/c21-18(20-15-13-17-10-5-2-6-11-17)19-14-7-12-16-8-3-1-4-9-16/h1,3-4,8-10H,2,5-7,11-15H2,(H2,19,20,21). The monoisotopic (exact) mass is 286 g/mol. The largest absolute Gasteiger partial charge is 0.338 e. The summed E-state index contributed by atoms with van der Waals surface area (Å²) < 4.78 is 0. The van der Waals surface area contributed by atoms with Crippen LogP contribution >= 0.6 is 0 Å². The zero-order chi connectivity index (χ0) is 14.8. The van der Waals surface area contributed by atoms with Crippen LogP contribution in [0.5, 0.6) is 0 Å². The molecule has 0 bridgehead atoms. The molecule has 0 atom stereocenters. The molecule has 114 valence electrons. The van der Waals surface area contributed by atoms with Crippen molar-refractivity contribution in [2.45, 2.75) is 44.9 Å². The Balaban J connectivity index is 1.50. The molecule has 0 spiro atoms. The summed E-state index contributed by atoms with van der Waals surface area (Å²) in [5, 5.41) is 5.86. The van der Waals surface area contributed by atoms with Crippen molar-refractivity contribution in [1.82, 2.24) is 10.6 Å². The molecule has 1 aromatic carbocycles. The van der Waals surface area contributed by atoms with E-state index in [0.29, 0.717) is 0 Å². The second kappa shape index (κ2) is 9.22. The molecule has 0 unspecified atom stereocenters. The van der Waals surface area contributed by atoms with Gasteiger partial charge in [-0.2, -0.15) is 0 Å². The number of hydrogen-bond acceptors (Lipinski definition) is 1. The third-order valence-corrected chi connectivity index (χ3v) is 3.89. The maximum Gasteiger partial charge on any atom is 0.314 e. The molecule has 3 heteroatoms. The van der Waals surface area contributed by atoms with E-state index in [0.717, 1.165) is 32.4 Å². The summed E-state index contributed by atoms with van der Waals surface area (Å²) >= 11 is 0. The lowest BCUT2D eigenvalue weighted by atomic mass is 9.97. The van der Waals surface area contributed by atoms with Crippen LogP contribution in [-0.4, -0.2) is 19.1 Å². The fraction of sp³-hybridized carbons (Fsp3) is 0.500. The summed E-state index contributed by atoms with van der Waals surface area (Å²) in [6.45, 7) is 1.47. The summed E-state index contributed by atoms with van der Waals surface area (Å²) in [5.41, 5.74) is 2.83. The van der Waals surface area contributed by atoms with Gasteiger partial charge >= 0.3 is 6.03 Å². The molecule has 2 rings (SSSR count). The zero-order valence-corrected chi connectivity index (χ0v) is 12.7. The van der Waals surface area contributed by atoms with Crippen LogP contribution in [0.25, 0.3) is 0 Å². The van der Waals surface area contributed by atoms with Gasteiger partial charge in [0.15, 0.2) is 0 Å². The van der Waals surface area contributed by atoms with E-state index in [9.17, 15) is 4.79 Å². The number of rotatable bonds is 7. The van der Waals surface area contributed by atoms with E-state index in [2.05, 4.69) is 41.0 Å². The number of urea groups is 1. The van der Waals surface area contributed by atoms with Crippen molar-refractivity contribution >= 4 is 6.03 Å². The third-order valence-electron chi connectivity index (χ3n) is 3.89. The second-order valence-electron chi connectivity index (χ2n) is 5.63. The van der Waals surface area contributed by atoms with Gasteiger partial charge in [-0.3, -0.25) is 0 Å². The van der Waals surface area contributed by atoms with Gasteiger partial charge in [0.1, 0.15) is 0 Å². The number of benzene rings is 1. The molecule has 1 aliphatic carbocycles. The molecule has 3 nitrogen and oxygen atoms in total.